The second-order valence-corrected chi connectivity index (χ2v) is 6.03. The van der Waals surface area contributed by atoms with Crippen molar-refractivity contribution in [1.29, 1.82) is 0 Å². The van der Waals surface area contributed by atoms with E-state index in [1.165, 1.54) is 0 Å². The molecule has 0 aliphatic carbocycles. The molecule has 0 bridgehead atoms. The molecule has 1 aromatic rings. The Hall–Kier alpha value is -2.19. The minimum absolute atomic E-state index is 0.0979. The lowest BCUT2D eigenvalue weighted by molar-refractivity contribution is 0.322. The molecular weight excluding hydrogens is 304 g/mol. The predicted octanol–water partition coefficient (Wildman–Crippen LogP) is 0.514. The highest BCUT2D eigenvalue weighted by molar-refractivity contribution is 7.99. The van der Waals surface area contributed by atoms with Crippen LogP contribution < -0.4 is 11.2 Å². The number of benzene rings is 1. The third kappa shape index (κ3) is 2.40. The van der Waals surface area contributed by atoms with E-state index in [1.807, 2.05) is 19.1 Å². The molecule has 0 saturated carbocycles. The van der Waals surface area contributed by atoms with E-state index in [4.69, 9.17) is 5.11 Å². The molecule has 1 aromatic carbocycles. The van der Waals surface area contributed by atoms with E-state index in [2.05, 4.69) is 15.0 Å². The third-order valence-corrected chi connectivity index (χ3v) is 4.52. The number of H-pyrrole nitrogens is 1. The molecule has 2 heterocycles. The average molecular weight is 318 g/mol. The van der Waals surface area contributed by atoms with Crippen molar-refractivity contribution in [1.82, 2.24) is 19.5 Å². The van der Waals surface area contributed by atoms with E-state index in [0.29, 0.717) is 11.3 Å². The van der Waals surface area contributed by atoms with Gasteiger partial charge < -0.3 is 9.67 Å². The van der Waals surface area contributed by atoms with Gasteiger partial charge in [-0.15, -0.1) is 11.8 Å². The molecule has 0 aromatic heterocycles. The van der Waals surface area contributed by atoms with E-state index < -0.39 is 11.2 Å². The van der Waals surface area contributed by atoms with Crippen LogP contribution in [0, 0.1) is 6.92 Å². The van der Waals surface area contributed by atoms with Crippen LogP contribution in [0.1, 0.15) is 5.56 Å². The minimum Gasteiger partial charge on any atom is -0.396 e. The van der Waals surface area contributed by atoms with E-state index in [0.717, 1.165) is 16.0 Å². The third-order valence-electron chi connectivity index (χ3n) is 3.39. The van der Waals surface area contributed by atoms with Gasteiger partial charge in [0.1, 0.15) is 0 Å². The summed E-state index contributed by atoms with van der Waals surface area (Å²) in [6.07, 6.45) is 0. The van der Waals surface area contributed by atoms with Gasteiger partial charge in [-0.25, -0.2) is 9.78 Å². The zero-order valence-corrected chi connectivity index (χ0v) is 12.9. The van der Waals surface area contributed by atoms with Crippen molar-refractivity contribution in [3.63, 3.8) is 0 Å². The molecule has 3 rings (SSSR count). The molecule has 7 nitrogen and oxygen atoms in total. The standard InChI is InChI=1S/C14H14N4O3S/c1-7-5-8-9(6-10(7)22-4-3-19)18(2)12-11(15-8)13(20)17-14(21)16-12/h5-6,19H,3-4H2,1-2H3,(H,17,20,21). The molecule has 0 amide bonds. The summed E-state index contributed by atoms with van der Waals surface area (Å²) in [4.78, 5) is 34.6. The SMILES string of the molecule is Cc1cc2nc3c(=O)[nH]c(=O)nc-3n(C)c2cc1SCCO. The summed E-state index contributed by atoms with van der Waals surface area (Å²) in [5.74, 6) is 0.850. The lowest BCUT2D eigenvalue weighted by atomic mass is 10.2. The van der Waals surface area contributed by atoms with Gasteiger partial charge in [-0.1, -0.05) is 0 Å². The number of thioether (sulfide) groups is 1. The van der Waals surface area contributed by atoms with E-state index in [9.17, 15) is 9.59 Å². The van der Waals surface area contributed by atoms with Crippen molar-refractivity contribution in [3.05, 3.63) is 38.5 Å². The molecule has 2 aliphatic heterocycles. The number of aromatic nitrogens is 4. The highest BCUT2D eigenvalue weighted by atomic mass is 32.2. The van der Waals surface area contributed by atoms with E-state index in [-0.39, 0.29) is 18.1 Å². The van der Waals surface area contributed by atoms with Crippen LogP contribution in [0.2, 0.25) is 0 Å². The van der Waals surface area contributed by atoms with Gasteiger partial charge in [-0.3, -0.25) is 9.78 Å². The molecule has 0 atom stereocenters. The summed E-state index contributed by atoms with van der Waals surface area (Å²) >= 11 is 1.54. The maximum Gasteiger partial charge on any atom is 0.349 e. The maximum atomic E-state index is 11.9. The zero-order valence-electron chi connectivity index (χ0n) is 12.1. The van der Waals surface area contributed by atoms with Crippen molar-refractivity contribution in [2.45, 2.75) is 11.8 Å². The second-order valence-electron chi connectivity index (χ2n) is 4.89. The molecule has 0 unspecified atom stereocenters. The van der Waals surface area contributed by atoms with Gasteiger partial charge in [0.25, 0.3) is 5.56 Å². The Morgan fingerprint density at radius 3 is 2.82 bits per heavy atom. The number of aliphatic hydroxyl groups is 1. The molecule has 114 valence electrons. The Bertz CT molecular complexity index is 947. The lowest BCUT2D eigenvalue weighted by Crippen LogP contribution is -2.28. The molecule has 22 heavy (non-hydrogen) atoms. The Morgan fingerprint density at radius 2 is 2.09 bits per heavy atom. The number of hydrogen-bond acceptors (Lipinski definition) is 6. The molecular formula is C14H14N4O3S. The topological polar surface area (TPSA) is 101 Å². The number of fused-ring (bicyclic) bond motifs is 2. The monoisotopic (exact) mass is 318 g/mol. The first-order chi connectivity index (χ1) is 10.5. The van der Waals surface area contributed by atoms with Crippen molar-refractivity contribution in [2.75, 3.05) is 12.4 Å². The van der Waals surface area contributed by atoms with E-state index >= 15 is 0 Å². The van der Waals surface area contributed by atoms with Crippen LogP contribution in [-0.2, 0) is 7.05 Å². The number of nitrogens with one attached hydrogen (secondary N) is 1. The van der Waals surface area contributed by atoms with Crippen molar-refractivity contribution >= 4 is 22.8 Å². The largest absolute Gasteiger partial charge is 0.396 e. The molecule has 0 radical (unpaired) electrons. The normalized spacial score (nSPS) is 11.4. The van der Waals surface area contributed by atoms with Crippen LogP contribution in [0.4, 0.5) is 0 Å². The maximum absolute atomic E-state index is 11.9. The molecule has 0 spiro atoms. The van der Waals surface area contributed by atoms with Gasteiger partial charge in [-0.2, -0.15) is 4.98 Å². The first-order valence-electron chi connectivity index (χ1n) is 6.66. The van der Waals surface area contributed by atoms with Crippen LogP contribution in [0.15, 0.2) is 26.6 Å². The summed E-state index contributed by atoms with van der Waals surface area (Å²) in [6, 6.07) is 3.82. The summed E-state index contributed by atoms with van der Waals surface area (Å²) in [6.45, 7) is 2.05. The molecule has 0 fully saturated rings. The van der Waals surface area contributed by atoms with Gasteiger partial charge in [-0.05, 0) is 24.6 Å². The Labute approximate surface area is 129 Å². The van der Waals surface area contributed by atoms with Crippen molar-refractivity contribution in [3.8, 4) is 11.5 Å². The van der Waals surface area contributed by atoms with Gasteiger partial charge in [0.05, 0.1) is 17.6 Å². The summed E-state index contributed by atoms with van der Waals surface area (Å²) in [7, 11) is 1.74. The molecule has 8 heteroatoms. The average Bonchev–Trinajstić information content (AvgIpc) is 2.47. The number of aromatic amines is 1. The minimum atomic E-state index is -0.684. The fourth-order valence-electron chi connectivity index (χ4n) is 2.34. The molecule has 2 N–H and O–H groups in total. The van der Waals surface area contributed by atoms with Gasteiger partial charge >= 0.3 is 5.69 Å². The predicted molar refractivity (Wildman–Crippen MR) is 84.6 cm³/mol. The Balaban J connectivity index is 2.35. The highest BCUT2D eigenvalue weighted by Crippen LogP contribution is 2.28. The highest BCUT2D eigenvalue weighted by Gasteiger charge is 2.17. The zero-order chi connectivity index (χ0) is 15.9. The Morgan fingerprint density at radius 1 is 1.32 bits per heavy atom. The summed E-state index contributed by atoms with van der Waals surface area (Å²) in [5.41, 5.74) is 1.37. The Kier molecular flexibility index (Phi) is 3.71. The summed E-state index contributed by atoms with van der Waals surface area (Å²) < 4.78 is 1.69. The van der Waals surface area contributed by atoms with Crippen LogP contribution in [-0.4, -0.2) is 37.0 Å². The van der Waals surface area contributed by atoms with Crippen LogP contribution in [0.5, 0.6) is 0 Å². The number of rotatable bonds is 3. The van der Waals surface area contributed by atoms with Crippen molar-refractivity contribution < 1.29 is 5.11 Å². The smallest absolute Gasteiger partial charge is 0.349 e. The lowest BCUT2D eigenvalue weighted by Gasteiger charge is -2.14. The fourth-order valence-corrected chi connectivity index (χ4v) is 3.13. The molecule has 2 aliphatic rings. The van der Waals surface area contributed by atoms with Gasteiger partial charge in [0, 0.05) is 17.7 Å². The summed E-state index contributed by atoms with van der Waals surface area (Å²) in [5, 5.41) is 8.97. The second kappa shape index (κ2) is 5.54. The first kappa shape index (κ1) is 14.7. The quantitative estimate of drug-likeness (QED) is 0.539. The fraction of sp³-hybridized carbons (Fsp3) is 0.286. The van der Waals surface area contributed by atoms with Crippen molar-refractivity contribution in [2.24, 2.45) is 7.05 Å². The van der Waals surface area contributed by atoms with Gasteiger partial charge in [0.2, 0.25) is 0 Å². The molecule has 0 saturated heterocycles. The van der Waals surface area contributed by atoms with E-state index in [1.54, 1.807) is 23.4 Å². The first-order valence-corrected chi connectivity index (χ1v) is 7.65. The van der Waals surface area contributed by atoms with Gasteiger partial charge in [0.15, 0.2) is 11.5 Å². The van der Waals surface area contributed by atoms with Crippen LogP contribution in [0.3, 0.4) is 0 Å². The number of nitrogens with zero attached hydrogens (tertiary/aromatic N) is 3. The van der Waals surface area contributed by atoms with Crippen LogP contribution >= 0.6 is 11.8 Å². The number of hydrogen-bond donors (Lipinski definition) is 2. The van der Waals surface area contributed by atoms with Crippen LogP contribution in [0.25, 0.3) is 22.6 Å². The number of aliphatic hydroxyl groups excluding tert-OH is 1. The number of aryl methyl sites for hydroxylation is 2.